The van der Waals surface area contributed by atoms with E-state index in [0.717, 1.165) is 19.9 Å². The zero-order valence-electron chi connectivity index (χ0n) is 18.7. The average molecular weight is 540 g/mol. The van der Waals surface area contributed by atoms with Gasteiger partial charge in [0.2, 0.25) is 0 Å². The summed E-state index contributed by atoms with van der Waals surface area (Å²) in [6.07, 6.45) is -22.8. The number of hydrogen-bond acceptors (Lipinski definition) is 5. The van der Waals surface area contributed by atoms with Gasteiger partial charge in [-0.2, -0.15) is 39.5 Å². The number of carboxylic acid groups (broad SMARTS) is 1. The van der Waals surface area contributed by atoms with Crippen LogP contribution in [-0.2, 0) is 22.3 Å². The lowest BCUT2D eigenvalue weighted by Crippen LogP contribution is -2.52. The summed E-state index contributed by atoms with van der Waals surface area (Å²) >= 11 is 0. The molecule has 2 rings (SSSR count). The Morgan fingerprint density at radius 1 is 0.944 bits per heavy atom. The van der Waals surface area contributed by atoms with Crippen molar-refractivity contribution in [2.24, 2.45) is 0 Å². The number of alkyl halides is 9. The third kappa shape index (κ3) is 7.30. The van der Waals surface area contributed by atoms with Gasteiger partial charge in [0.05, 0.1) is 5.56 Å². The van der Waals surface area contributed by atoms with E-state index in [9.17, 15) is 54.2 Å². The van der Waals surface area contributed by atoms with E-state index >= 15 is 0 Å². The van der Waals surface area contributed by atoms with Crippen LogP contribution in [0, 0.1) is 0 Å². The smallest absolute Gasteiger partial charge is 0.434 e. The number of aliphatic carboxylic acids is 1. The molecule has 1 amide bonds. The fourth-order valence-corrected chi connectivity index (χ4v) is 3.18. The number of amides is 1. The molecule has 1 aromatic rings. The van der Waals surface area contributed by atoms with E-state index < -0.39 is 53.6 Å². The van der Waals surface area contributed by atoms with Crippen LogP contribution in [-0.4, -0.2) is 77.2 Å². The average Bonchev–Trinajstić information content (AvgIpc) is 2.70. The standard InChI is InChI=1S/C20H21F9N2O5/c1-17(2,15(32)33)36-13-11(4-3-5-12(13)18(21,22)23)10-30-6-8-31(9-7-30)16(34)35-14(19(24,25)26)20(27,28)29/h3-5,14H,6-10H2,1-2H3,(H,32,33). The molecule has 1 aliphatic heterocycles. The Morgan fingerprint density at radius 2 is 1.47 bits per heavy atom. The summed E-state index contributed by atoms with van der Waals surface area (Å²) in [6, 6.07) is 3.02. The van der Waals surface area contributed by atoms with E-state index in [0.29, 0.717) is 11.0 Å². The SMILES string of the molecule is CC(C)(Oc1c(CN2CCN(C(=O)OC(C(F)(F)F)C(F)(F)F)CC2)cccc1C(F)(F)F)C(=O)O. The molecule has 204 valence electrons. The first-order valence-corrected chi connectivity index (χ1v) is 10.2. The molecule has 1 fully saturated rings. The van der Waals surface area contributed by atoms with E-state index in [-0.39, 0.29) is 38.3 Å². The number of nitrogens with zero attached hydrogens (tertiary/aromatic N) is 2. The molecule has 0 unspecified atom stereocenters. The number of carboxylic acids is 1. The van der Waals surface area contributed by atoms with Gasteiger partial charge >= 0.3 is 30.6 Å². The van der Waals surface area contributed by atoms with Crippen LogP contribution in [0.3, 0.4) is 0 Å². The molecule has 1 aliphatic rings. The van der Waals surface area contributed by atoms with Gasteiger partial charge in [-0.3, -0.25) is 4.90 Å². The lowest BCUT2D eigenvalue weighted by molar-refractivity contribution is -0.308. The highest BCUT2D eigenvalue weighted by molar-refractivity contribution is 5.77. The molecule has 1 aromatic carbocycles. The molecular formula is C20H21F9N2O5. The maximum Gasteiger partial charge on any atom is 0.434 e. The third-order valence-electron chi connectivity index (χ3n) is 5.11. The van der Waals surface area contributed by atoms with Crippen molar-refractivity contribution in [3.63, 3.8) is 0 Å². The third-order valence-corrected chi connectivity index (χ3v) is 5.11. The van der Waals surface area contributed by atoms with Gasteiger partial charge in [0.25, 0.3) is 6.10 Å². The quantitative estimate of drug-likeness (QED) is 0.528. The summed E-state index contributed by atoms with van der Waals surface area (Å²) in [5, 5.41) is 9.25. The summed E-state index contributed by atoms with van der Waals surface area (Å²) in [5.41, 5.74) is -3.34. The van der Waals surface area contributed by atoms with Gasteiger partial charge < -0.3 is 19.5 Å². The number of piperazine rings is 1. The summed E-state index contributed by atoms with van der Waals surface area (Å²) in [4.78, 5) is 25.3. The normalized spacial score (nSPS) is 16.3. The number of para-hydroxylation sites is 1. The van der Waals surface area contributed by atoms with Gasteiger partial charge in [0.1, 0.15) is 5.75 Å². The van der Waals surface area contributed by atoms with Crippen molar-refractivity contribution < 1.29 is 63.7 Å². The Morgan fingerprint density at radius 3 is 1.92 bits per heavy atom. The Labute approximate surface area is 198 Å². The van der Waals surface area contributed by atoms with Crippen molar-refractivity contribution in [2.45, 2.75) is 50.6 Å². The maximum atomic E-state index is 13.5. The number of hydrogen-bond donors (Lipinski definition) is 1. The first kappa shape index (κ1) is 29.3. The zero-order chi connectivity index (χ0) is 27.7. The minimum atomic E-state index is -5.88. The molecule has 0 atom stereocenters. The molecule has 16 heteroatoms. The second kappa shape index (κ2) is 10.2. The molecular weight excluding hydrogens is 519 g/mol. The van der Waals surface area contributed by atoms with Crippen LogP contribution in [0.1, 0.15) is 25.0 Å². The minimum Gasteiger partial charge on any atom is -0.478 e. The topological polar surface area (TPSA) is 79.3 Å². The summed E-state index contributed by atoms with van der Waals surface area (Å²) in [5.74, 6) is -2.27. The predicted octanol–water partition coefficient (Wildman–Crippen LogP) is 4.69. The number of carbonyl (C=O) groups excluding carboxylic acids is 1. The second-order valence-electron chi connectivity index (χ2n) is 8.32. The molecule has 1 heterocycles. The molecule has 0 bridgehead atoms. The number of ether oxygens (including phenoxy) is 2. The number of benzene rings is 1. The van der Waals surface area contributed by atoms with Crippen molar-refractivity contribution >= 4 is 12.1 Å². The zero-order valence-corrected chi connectivity index (χ0v) is 18.7. The van der Waals surface area contributed by atoms with Crippen molar-refractivity contribution in [2.75, 3.05) is 26.2 Å². The van der Waals surface area contributed by atoms with Crippen LogP contribution in [0.15, 0.2) is 18.2 Å². The van der Waals surface area contributed by atoms with Crippen LogP contribution in [0.5, 0.6) is 5.75 Å². The Bertz CT molecular complexity index is 938. The Balaban J connectivity index is 2.16. The highest BCUT2D eigenvalue weighted by Gasteiger charge is 2.60. The largest absolute Gasteiger partial charge is 0.478 e. The molecule has 1 saturated heterocycles. The van der Waals surface area contributed by atoms with Gasteiger partial charge in [-0.05, 0) is 19.9 Å². The highest BCUT2D eigenvalue weighted by Crippen LogP contribution is 2.40. The van der Waals surface area contributed by atoms with Crippen molar-refractivity contribution in [3.05, 3.63) is 29.3 Å². The molecule has 0 radical (unpaired) electrons. The van der Waals surface area contributed by atoms with Gasteiger partial charge in [-0.15, -0.1) is 0 Å². The van der Waals surface area contributed by atoms with Crippen molar-refractivity contribution in [1.82, 2.24) is 9.80 Å². The van der Waals surface area contributed by atoms with E-state index in [2.05, 4.69) is 4.74 Å². The molecule has 0 aliphatic carbocycles. The van der Waals surface area contributed by atoms with E-state index in [1.54, 1.807) is 0 Å². The van der Waals surface area contributed by atoms with Crippen LogP contribution in [0.2, 0.25) is 0 Å². The van der Waals surface area contributed by atoms with Crippen molar-refractivity contribution in [1.29, 1.82) is 0 Å². The minimum absolute atomic E-state index is 0.0654. The van der Waals surface area contributed by atoms with Gasteiger partial charge in [0.15, 0.2) is 5.60 Å². The van der Waals surface area contributed by atoms with Gasteiger partial charge in [-0.1, -0.05) is 12.1 Å². The highest BCUT2D eigenvalue weighted by atomic mass is 19.4. The summed E-state index contributed by atoms with van der Waals surface area (Å²) in [7, 11) is 0. The monoisotopic (exact) mass is 540 g/mol. The van der Waals surface area contributed by atoms with E-state index in [1.165, 1.54) is 11.0 Å². The first-order valence-electron chi connectivity index (χ1n) is 10.2. The summed E-state index contributed by atoms with van der Waals surface area (Å²) in [6.45, 7) is 0.808. The van der Waals surface area contributed by atoms with Crippen LogP contribution in [0.4, 0.5) is 44.3 Å². The van der Waals surface area contributed by atoms with E-state index in [4.69, 9.17) is 4.74 Å². The number of halogens is 9. The fraction of sp³-hybridized carbons (Fsp3) is 0.600. The van der Waals surface area contributed by atoms with Crippen LogP contribution < -0.4 is 4.74 Å². The van der Waals surface area contributed by atoms with Gasteiger partial charge in [0, 0.05) is 38.3 Å². The fourth-order valence-electron chi connectivity index (χ4n) is 3.18. The Kier molecular flexibility index (Phi) is 8.32. The van der Waals surface area contributed by atoms with Gasteiger partial charge in [-0.25, -0.2) is 9.59 Å². The molecule has 0 spiro atoms. The number of carbonyl (C=O) groups is 2. The second-order valence-corrected chi connectivity index (χ2v) is 8.32. The van der Waals surface area contributed by atoms with E-state index in [1.807, 2.05) is 0 Å². The lowest BCUT2D eigenvalue weighted by Gasteiger charge is -2.35. The maximum absolute atomic E-state index is 13.5. The molecule has 36 heavy (non-hydrogen) atoms. The predicted molar refractivity (Wildman–Crippen MR) is 103 cm³/mol. The van der Waals surface area contributed by atoms with Crippen LogP contribution in [0.25, 0.3) is 0 Å². The van der Waals surface area contributed by atoms with Crippen molar-refractivity contribution in [3.8, 4) is 5.75 Å². The molecule has 0 aromatic heterocycles. The number of rotatable bonds is 6. The molecule has 0 saturated carbocycles. The molecule has 1 N–H and O–H groups in total. The Hall–Kier alpha value is -2.91. The molecule has 7 nitrogen and oxygen atoms in total. The first-order chi connectivity index (χ1) is 16.2. The lowest BCUT2D eigenvalue weighted by atomic mass is 10.0. The summed E-state index contributed by atoms with van der Waals surface area (Å²) < 4.78 is 125. The van der Waals surface area contributed by atoms with Crippen LogP contribution >= 0.6 is 0 Å².